The summed E-state index contributed by atoms with van der Waals surface area (Å²) in [6.45, 7) is 0.166. The average Bonchev–Trinajstić information content (AvgIpc) is 2.62. The first kappa shape index (κ1) is 17.0. The highest BCUT2D eigenvalue weighted by molar-refractivity contribution is 5.34. The van der Waals surface area contributed by atoms with E-state index in [1.807, 2.05) is 12.1 Å². The Hall–Kier alpha value is -1.84. The van der Waals surface area contributed by atoms with Crippen LogP contribution >= 0.6 is 0 Å². The average molecular weight is 326 g/mol. The summed E-state index contributed by atoms with van der Waals surface area (Å²) in [6.07, 6.45) is 3.06. The van der Waals surface area contributed by atoms with E-state index in [0.717, 1.165) is 31.4 Å². The first-order valence-corrected chi connectivity index (χ1v) is 8.68. The predicted molar refractivity (Wildman–Crippen MR) is 95.4 cm³/mol. The van der Waals surface area contributed by atoms with Crippen LogP contribution < -0.4 is 4.74 Å². The molecule has 3 rings (SSSR count). The molecule has 3 nitrogen and oxygen atoms in total. The summed E-state index contributed by atoms with van der Waals surface area (Å²) >= 11 is 0. The van der Waals surface area contributed by atoms with Gasteiger partial charge in [0.1, 0.15) is 5.75 Å². The Morgan fingerprint density at radius 1 is 1.00 bits per heavy atom. The van der Waals surface area contributed by atoms with E-state index in [4.69, 9.17) is 4.74 Å². The second-order valence-electron chi connectivity index (χ2n) is 6.88. The summed E-state index contributed by atoms with van der Waals surface area (Å²) in [7, 11) is 1.68. The Balaban J connectivity index is 1.73. The molecule has 1 unspecified atom stereocenters. The van der Waals surface area contributed by atoms with Crippen LogP contribution in [0.15, 0.2) is 48.5 Å². The largest absolute Gasteiger partial charge is 0.497 e. The molecular weight excluding hydrogens is 300 g/mol. The Morgan fingerprint density at radius 3 is 2.50 bits per heavy atom. The van der Waals surface area contributed by atoms with Gasteiger partial charge in [0, 0.05) is 6.61 Å². The first-order chi connectivity index (χ1) is 11.7. The molecule has 1 saturated carbocycles. The van der Waals surface area contributed by atoms with Crippen molar-refractivity contribution in [3.8, 4) is 5.75 Å². The van der Waals surface area contributed by atoms with Gasteiger partial charge in [0.2, 0.25) is 0 Å². The Labute approximate surface area is 143 Å². The molecule has 2 aromatic carbocycles. The molecule has 0 spiro atoms. The highest BCUT2D eigenvalue weighted by atomic mass is 16.5. The molecule has 24 heavy (non-hydrogen) atoms. The monoisotopic (exact) mass is 326 g/mol. The van der Waals surface area contributed by atoms with E-state index in [1.165, 1.54) is 16.7 Å². The van der Waals surface area contributed by atoms with Gasteiger partial charge in [0.15, 0.2) is 0 Å². The van der Waals surface area contributed by atoms with Crippen LogP contribution in [0, 0.1) is 5.92 Å². The van der Waals surface area contributed by atoms with Crippen LogP contribution in [-0.2, 0) is 6.42 Å². The van der Waals surface area contributed by atoms with Gasteiger partial charge in [0.25, 0.3) is 0 Å². The molecule has 1 aliphatic rings. The number of hydrogen-bond acceptors (Lipinski definition) is 3. The quantitative estimate of drug-likeness (QED) is 0.884. The Morgan fingerprint density at radius 2 is 1.79 bits per heavy atom. The third-order valence-corrected chi connectivity index (χ3v) is 5.03. The Kier molecular flexibility index (Phi) is 5.54. The van der Waals surface area contributed by atoms with Crippen LogP contribution in [0.4, 0.5) is 0 Å². The third-order valence-electron chi connectivity index (χ3n) is 5.03. The van der Waals surface area contributed by atoms with Gasteiger partial charge in [-0.2, -0.15) is 0 Å². The van der Waals surface area contributed by atoms with Crippen LogP contribution in [-0.4, -0.2) is 30.0 Å². The van der Waals surface area contributed by atoms with E-state index < -0.39 is 0 Å². The molecule has 0 bridgehead atoms. The van der Waals surface area contributed by atoms with Crippen molar-refractivity contribution in [3.05, 3.63) is 65.2 Å². The molecule has 0 saturated heterocycles. The van der Waals surface area contributed by atoms with E-state index in [2.05, 4.69) is 36.4 Å². The van der Waals surface area contributed by atoms with E-state index in [1.54, 1.807) is 7.11 Å². The molecule has 0 radical (unpaired) electrons. The summed E-state index contributed by atoms with van der Waals surface area (Å²) in [5.41, 5.74) is 3.81. The molecule has 3 atom stereocenters. The molecular formula is C21H26O3. The van der Waals surface area contributed by atoms with Crippen molar-refractivity contribution < 1.29 is 14.9 Å². The van der Waals surface area contributed by atoms with E-state index in [0.29, 0.717) is 5.92 Å². The lowest BCUT2D eigenvalue weighted by molar-refractivity contribution is 0.0650. The summed E-state index contributed by atoms with van der Waals surface area (Å²) in [5, 5.41) is 19.5. The lowest BCUT2D eigenvalue weighted by Crippen LogP contribution is -2.27. The standard InChI is InChI=1S/C21H26O3/c1-24-21-7-5-15(6-8-21)9-16-3-2-4-18(10-16)19-11-17(14-22)12-20(23)13-19/h2-8,10,17,19-20,22-23H,9,11-14H2,1H3/t17?,19-,20+/m1/s1. The number of benzene rings is 2. The second-order valence-corrected chi connectivity index (χ2v) is 6.88. The van der Waals surface area contributed by atoms with Crippen LogP contribution in [0.3, 0.4) is 0 Å². The SMILES string of the molecule is COc1ccc(Cc2cccc([C@@H]3CC(CO)C[C@H](O)C3)c2)cc1. The van der Waals surface area contributed by atoms with Gasteiger partial charge in [-0.15, -0.1) is 0 Å². The van der Waals surface area contributed by atoms with Gasteiger partial charge in [-0.25, -0.2) is 0 Å². The summed E-state index contributed by atoms with van der Waals surface area (Å²) in [6, 6.07) is 16.8. The van der Waals surface area contributed by atoms with Crippen molar-refractivity contribution >= 4 is 0 Å². The fraction of sp³-hybridized carbons (Fsp3) is 0.429. The van der Waals surface area contributed by atoms with Crippen LogP contribution in [0.25, 0.3) is 0 Å². The number of ether oxygens (including phenoxy) is 1. The van der Waals surface area contributed by atoms with Crippen molar-refractivity contribution in [1.82, 2.24) is 0 Å². The van der Waals surface area contributed by atoms with Gasteiger partial charge in [0.05, 0.1) is 13.2 Å². The van der Waals surface area contributed by atoms with Gasteiger partial charge < -0.3 is 14.9 Å². The van der Waals surface area contributed by atoms with Gasteiger partial charge in [-0.05, 0) is 66.3 Å². The minimum absolute atomic E-state index is 0.166. The predicted octanol–water partition coefficient (Wildman–Crippen LogP) is 3.52. The Bertz CT molecular complexity index is 650. The highest BCUT2D eigenvalue weighted by Gasteiger charge is 2.28. The van der Waals surface area contributed by atoms with Crippen molar-refractivity contribution in [1.29, 1.82) is 0 Å². The lowest BCUT2D eigenvalue weighted by atomic mass is 9.76. The second kappa shape index (κ2) is 7.82. The molecule has 0 aliphatic heterocycles. The maximum atomic E-state index is 10.1. The maximum absolute atomic E-state index is 10.1. The smallest absolute Gasteiger partial charge is 0.118 e. The molecule has 1 aliphatic carbocycles. The number of hydrogen-bond donors (Lipinski definition) is 2. The molecule has 2 aromatic rings. The van der Waals surface area contributed by atoms with Crippen molar-refractivity contribution in [2.75, 3.05) is 13.7 Å². The van der Waals surface area contributed by atoms with Gasteiger partial charge in [-0.1, -0.05) is 36.4 Å². The summed E-state index contributed by atoms with van der Waals surface area (Å²) in [4.78, 5) is 0. The molecule has 0 aromatic heterocycles. The third kappa shape index (κ3) is 4.16. The number of rotatable bonds is 5. The summed E-state index contributed by atoms with van der Waals surface area (Å²) < 4.78 is 5.20. The fourth-order valence-corrected chi connectivity index (χ4v) is 3.76. The minimum Gasteiger partial charge on any atom is -0.497 e. The molecule has 2 N–H and O–H groups in total. The minimum atomic E-state index is -0.300. The van der Waals surface area contributed by atoms with Gasteiger partial charge in [-0.3, -0.25) is 0 Å². The maximum Gasteiger partial charge on any atom is 0.118 e. The number of aliphatic hydroxyl groups excluding tert-OH is 2. The van der Waals surface area contributed by atoms with Gasteiger partial charge >= 0.3 is 0 Å². The van der Waals surface area contributed by atoms with E-state index >= 15 is 0 Å². The molecule has 1 fully saturated rings. The normalized spacial score (nSPS) is 23.9. The topological polar surface area (TPSA) is 49.7 Å². The van der Waals surface area contributed by atoms with E-state index in [9.17, 15) is 10.2 Å². The van der Waals surface area contributed by atoms with Crippen molar-refractivity contribution in [2.45, 2.75) is 37.7 Å². The molecule has 0 amide bonds. The van der Waals surface area contributed by atoms with Crippen LogP contribution in [0.5, 0.6) is 5.75 Å². The zero-order valence-corrected chi connectivity index (χ0v) is 14.2. The van der Waals surface area contributed by atoms with Crippen molar-refractivity contribution in [3.63, 3.8) is 0 Å². The van der Waals surface area contributed by atoms with Crippen molar-refractivity contribution in [2.24, 2.45) is 5.92 Å². The lowest BCUT2D eigenvalue weighted by Gasteiger charge is -2.32. The molecule has 3 heteroatoms. The molecule has 0 heterocycles. The summed E-state index contributed by atoms with van der Waals surface area (Å²) in [5.74, 6) is 1.42. The first-order valence-electron chi connectivity index (χ1n) is 8.68. The number of aliphatic hydroxyl groups is 2. The fourth-order valence-electron chi connectivity index (χ4n) is 3.76. The van der Waals surface area contributed by atoms with Crippen LogP contribution in [0.1, 0.15) is 41.9 Å². The highest BCUT2D eigenvalue weighted by Crippen LogP contribution is 2.36. The van der Waals surface area contributed by atoms with Crippen LogP contribution in [0.2, 0.25) is 0 Å². The zero-order valence-electron chi connectivity index (χ0n) is 14.2. The number of methoxy groups -OCH3 is 1. The zero-order chi connectivity index (χ0) is 16.9. The molecule has 128 valence electrons. The van der Waals surface area contributed by atoms with E-state index in [-0.39, 0.29) is 18.6 Å².